The maximum absolute atomic E-state index is 2.50. The molecule has 0 unspecified atom stereocenters. The van der Waals surface area contributed by atoms with E-state index in [4.69, 9.17) is 0 Å². The Morgan fingerprint density at radius 2 is 0.849 bits per heavy atom. The molecule has 0 spiro atoms. The fourth-order valence-corrected chi connectivity index (χ4v) is 10.8. The van der Waals surface area contributed by atoms with Gasteiger partial charge in [0, 0.05) is 25.9 Å². The molecule has 0 fully saturated rings. The summed E-state index contributed by atoms with van der Waals surface area (Å²) in [4.78, 5) is 1.35. The first kappa shape index (κ1) is 29.3. The van der Waals surface area contributed by atoms with Gasteiger partial charge < -0.3 is 0 Å². The monoisotopic (exact) mass is 688 g/mol. The molecule has 0 atom stereocenters. The summed E-state index contributed by atoms with van der Waals surface area (Å²) in [6.07, 6.45) is 0. The lowest BCUT2D eigenvalue weighted by molar-refractivity contribution is 1.47. The van der Waals surface area contributed by atoms with Crippen LogP contribution in [0.25, 0.3) is 119 Å². The van der Waals surface area contributed by atoms with Crippen LogP contribution in [0.1, 0.15) is 11.1 Å². The largest absolute Gasteiger partial charge is 0.134 e. The van der Waals surface area contributed by atoms with Crippen molar-refractivity contribution in [3.05, 3.63) is 169 Å². The first-order chi connectivity index (χ1) is 26.1. The maximum Gasteiger partial charge on any atom is 0.0441 e. The topological polar surface area (TPSA) is 0 Å². The van der Waals surface area contributed by atoms with Gasteiger partial charge in [0.15, 0.2) is 0 Å². The Morgan fingerprint density at radius 3 is 1.45 bits per heavy atom. The van der Waals surface area contributed by atoms with Crippen molar-refractivity contribution < 1.29 is 0 Å². The second-order valence-electron chi connectivity index (χ2n) is 14.9. The number of thiophene rings is 1. The molecule has 0 nitrogen and oxygen atoms in total. The number of hydrogen-bond donors (Lipinski definition) is 0. The van der Waals surface area contributed by atoms with Crippen LogP contribution in [0.15, 0.2) is 158 Å². The lowest BCUT2D eigenvalue weighted by Gasteiger charge is -2.13. The minimum atomic E-state index is 1.25. The van der Waals surface area contributed by atoms with E-state index in [1.165, 1.54) is 130 Å². The molecule has 0 N–H and O–H groups in total. The van der Waals surface area contributed by atoms with Crippen molar-refractivity contribution >= 4 is 86.1 Å². The van der Waals surface area contributed by atoms with E-state index in [0.717, 1.165) is 0 Å². The average molecular weight is 689 g/mol. The molecule has 53 heavy (non-hydrogen) atoms. The summed E-state index contributed by atoms with van der Waals surface area (Å²) in [6.45, 7) is 4.34. The van der Waals surface area contributed by atoms with Gasteiger partial charge in [0.25, 0.3) is 0 Å². The molecule has 0 radical (unpaired) electrons. The molecule has 0 saturated heterocycles. The second kappa shape index (κ2) is 10.6. The molecule has 0 aliphatic carbocycles. The molecular weight excluding hydrogens is 657 g/mol. The summed E-state index contributed by atoms with van der Waals surface area (Å²) >= 11 is 1.96. The highest BCUT2D eigenvalue weighted by molar-refractivity contribution is 7.24. The van der Waals surface area contributed by atoms with Crippen LogP contribution in [0.3, 0.4) is 0 Å². The van der Waals surface area contributed by atoms with Crippen LogP contribution < -0.4 is 0 Å². The van der Waals surface area contributed by atoms with E-state index in [1.54, 1.807) is 0 Å². The molecule has 12 rings (SSSR count). The fraction of sp³-hybridized carbons (Fsp3) is 0.0385. The van der Waals surface area contributed by atoms with Gasteiger partial charge in [0.1, 0.15) is 0 Å². The van der Waals surface area contributed by atoms with E-state index in [2.05, 4.69) is 172 Å². The number of benzene rings is 9. The zero-order chi connectivity index (χ0) is 34.9. The summed E-state index contributed by atoms with van der Waals surface area (Å²) < 4.78 is 1.39. The molecule has 11 aromatic carbocycles. The Bertz CT molecular complexity index is 3350. The Hall–Kier alpha value is -6.28. The second-order valence-corrected chi connectivity index (χ2v) is 16.0. The van der Waals surface area contributed by atoms with Crippen molar-refractivity contribution in [1.29, 1.82) is 0 Å². The summed E-state index contributed by atoms with van der Waals surface area (Å²) in [7, 11) is 0. The number of rotatable bonds is 4. The van der Waals surface area contributed by atoms with Gasteiger partial charge in [0.05, 0.1) is 0 Å². The minimum absolute atomic E-state index is 1.25. The van der Waals surface area contributed by atoms with Crippen molar-refractivity contribution in [3.63, 3.8) is 0 Å². The van der Waals surface area contributed by atoms with E-state index in [-0.39, 0.29) is 0 Å². The van der Waals surface area contributed by atoms with Gasteiger partial charge >= 0.3 is 0 Å². The predicted octanol–water partition coefficient (Wildman–Crippen LogP) is 15.4. The Morgan fingerprint density at radius 1 is 0.340 bits per heavy atom. The molecule has 12 aromatic rings. The average Bonchev–Trinajstić information content (AvgIpc) is 3.85. The third kappa shape index (κ3) is 4.00. The molecule has 0 aliphatic heterocycles. The van der Waals surface area contributed by atoms with E-state index < -0.39 is 0 Å². The van der Waals surface area contributed by atoms with Crippen LogP contribution in [0.4, 0.5) is 0 Å². The maximum atomic E-state index is 2.50. The highest BCUT2D eigenvalue weighted by atomic mass is 32.1. The first-order valence-electron chi connectivity index (χ1n) is 18.5. The fourth-order valence-electron chi connectivity index (χ4n) is 9.40. The van der Waals surface area contributed by atoms with Crippen molar-refractivity contribution in [2.75, 3.05) is 0 Å². The molecular formula is C52H32S. The van der Waals surface area contributed by atoms with E-state index >= 15 is 0 Å². The molecule has 1 heteroatoms. The van der Waals surface area contributed by atoms with Crippen molar-refractivity contribution in [2.24, 2.45) is 0 Å². The first-order valence-corrected chi connectivity index (χ1v) is 19.3. The van der Waals surface area contributed by atoms with E-state index in [1.807, 2.05) is 11.3 Å². The molecule has 0 aliphatic rings. The van der Waals surface area contributed by atoms with Crippen LogP contribution in [0.5, 0.6) is 0 Å². The third-order valence-electron chi connectivity index (χ3n) is 11.8. The van der Waals surface area contributed by atoms with E-state index in [0.29, 0.717) is 0 Å². The van der Waals surface area contributed by atoms with Gasteiger partial charge in [-0.25, -0.2) is 0 Å². The van der Waals surface area contributed by atoms with E-state index in [9.17, 15) is 0 Å². The van der Waals surface area contributed by atoms with Crippen molar-refractivity contribution in [1.82, 2.24) is 0 Å². The molecule has 1 aromatic heterocycles. The van der Waals surface area contributed by atoms with Crippen LogP contribution in [-0.4, -0.2) is 0 Å². The highest BCUT2D eigenvalue weighted by Gasteiger charge is 2.27. The smallest absolute Gasteiger partial charge is 0.0441 e. The number of fused-ring (bicyclic) bond motifs is 6. The molecule has 0 bridgehead atoms. The van der Waals surface area contributed by atoms with Crippen LogP contribution in [0.2, 0.25) is 0 Å². The zero-order valence-corrected chi connectivity index (χ0v) is 30.2. The van der Waals surface area contributed by atoms with Gasteiger partial charge in [-0.15, -0.1) is 11.3 Å². The lowest BCUT2D eigenvalue weighted by atomic mass is 9.90. The van der Waals surface area contributed by atoms with Gasteiger partial charge in [0.2, 0.25) is 0 Å². The number of hydrogen-bond acceptors (Lipinski definition) is 1. The molecule has 0 saturated carbocycles. The van der Waals surface area contributed by atoms with Gasteiger partial charge in [-0.2, -0.15) is 0 Å². The Kier molecular flexibility index (Phi) is 5.88. The normalized spacial score (nSPS) is 12.3. The van der Waals surface area contributed by atoms with Crippen LogP contribution in [-0.2, 0) is 0 Å². The summed E-state index contributed by atoms with van der Waals surface area (Å²) in [5.41, 5.74) is 11.5. The quantitative estimate of drug-likeness (QED) is 0.162. The van der Waals surface area contributed by atoms with Gasteiger partial charge in [-0.05, 0) is 131 Å². The van der Waals surface area contributed by atoms with Crippen LogP contribution >= 0.6 is 11.3 Å². The SMILES string of the molecule is Cc1ccc(-c2sc3c4cc5ccc6c7cc(-c8ccccc8)c(-c8ccccc8)cc7c7cc8ccc(c3c2-c2ccc(C)cc2)c4c8c5c67)cc1. The predicted molar refractivity (Wildman–Crippen MR) is 232 cm³/mol. The third-order valence-corrected chi connectivity index (χ3v) is 13.1. The van der Waals surface area contributed by atoms with Gasteiger partial charge in [-0.3, -0.25) is 0 Å². The molecule has 1 heterocycles. The Balaban J connectivity index is 1.21. The van der Waals surface area contributed by atoms with Crippen molar-refractivity contribution in [3.8, 4) is 43.8 Å². The van der Waals surface area contributed by atoms with Crippen molar-refractivity contribution in [2.45, 2.75) is 13.8 Å². The standard InChI is InChI=1S/C52H32S/c1-29-13-17-33(18-14-29)47-50-38-24-22-35-25-43-42-28-40(32-11-7-4-8-12-32)39(31-9-5-3-6-10-31)27-41(42)37-23-21-36-26-44(49(38)46(35)45(36)48(37)43)52(50)53-51(47)34-19-15-30(2)16-20-34/h3-28H,1-2H3. The minimum Gasteiger partial charge on any atom is -0.134 e. The van der Waals surface area contributed by atoms with Crippen LogP contribution in [0, 0.1) is 13.8 Å². The van der Waals surface area contributed by atoms with Gasteiger partial charge in [-0.1, -0.05) is 145 Å². The molecule has 246 valence electrons. The summed E-state index contributed by atoms with van der Waals surface area (Å²) in [5.74, 6) is 0. The summed E-state index contributed by atoms with van der Waals surface area (Å²) in [5, 5.41) is 17.7. The zero-order valence-electron chi connectivity index (χ0n) is 29.4. The Labute approximate surface area is 311 Å². The summed E-state index contributed by atoms with van der Waals surface area (Å²) in [6, 6.07) is 59.5. The molecule has 0 amide bonds. The highest BCUT2D eigenvalue weighted by Crippen LogP contribution is 2.56. The number of aryl methyl sites for hydroxylation is 2. The lowest BCUT2D eigenvalue weighted by Crippen LogP contribution is -1.86.